The first-order valence-corrected chi connectivity index (χ1v) is 7.28. The Kier molecular flexibility index (Phi) is 3.91. The average molecular weight is 281 g/mol. The van der Waals surface area contributed by atoms with Crippen molar-refractivity contribution in [1.29, 1.82) is 5.26 Å². The number of nitrogens with zero attached hydrogens (tertiary/aromatic N) is 2. The fourth-order valence-electron chi connectivity index (χ4n) is 2.99. The lowest BCUT2D eigenvalue weighted by Gasteiger charge is -2.34. The quantitative estimate of drug-likeness (QED) is 0.884. The number of rotatable bonds is 3. The van der Waals surface area contributed by atoms with Crippen LogP contribution in [0.5, 0.6) is 0 Å². The van der Waals surface area contributed by atoms with Gasteiger partial charge in [0, 0.05) is 10.9 Å². The molecule has 0 saturated carbocycles. The van der Waals surface area contributed by atoms with Crippen molar-refractivity contribution >= 4 is 16.7 Å². The predicted molar refractivity (Wildman–Crippen MR) is 88.2 cm³/mol. The number of hydrogen-bond donors (Lipinski definition) is 1. The number of para-hydroxylation sites is 1. The Bertz CT molecular complexity index is 688. The maximum atomic E-state index is 9.38. The van der Waals surface area contributed by atoms with E-state index in [0.29, 0.717) is 11.4 Å². The first-order valence-electron chi connectivity index (χ1n) is 7.28. The average Bonchev–Trinajstić information content (AvgIpc) is 2.34. The van der Waals surface area contributed by atoms with Gasteiger partial charge in [-0.1, -0.05) is 39.0 Å². The van der Waals surface area contributed by atoms with Gasteiger partial charge in [-0.05, 0) is 37.8 Å². The zero-order valence-electron chi connectivity index (χ0n) is 13.5. The Morgan fingerprint density at radius 2 is 1.81 bits per heavy atom. The van der Waals surface area contributed by atoms with Gasteiger partial charge in [-0.3, -0.25) is 0 Å². The van der Waals surface area contributed by atoms with E-state index in [1.54, 1.807) is 0 Å². The molecule has 21 heavy (non-hydrogen) atoms. The Hall–Kier alpha value is -2.08. The van der Waals surface area contributed by atoms with Crippen LogP contribution in [0, 0.1) is 16.7 Å². The number of benzene rings is 1. The molecule has 0 radical (unpaired) electrons. The zero-order chi connectivity index (χ0) is 15.7. The first-order chi connectivity index (χ1) is 9.70. The minimum Gasteiger partial charge on any atom is -0.364 e. The normalized spacial score (nSPS) is 12.2. The van der Waals surface area contributed by atoms with E-state index in [2.05, 4.69) is 51.0 Å². The van der Waals surface area contributed by atoms with Crippen LogP contribution in [-0.2, 0) is 0 Å². The van der Waals surface area contributed by atoms with Crippen molar-refractivity contribution < 1.29 is 0 Å². The van der Waals surface area contributed by atoms with Gasteiger partial charge in [0.1, 0.15) is 11.9 Å². The maximum absolute atomic E-state index is 9.38. The highest BCUT2D eigenvalue weighted by Gasteiger charge is 2.26. The number of nitriles is 1. The van der Waals surface area contributed by atoms with E-state index in [9.17, 15) is 5.26 Å². The van der Waals surface area contributed by atoms with Crippen molar-refractivity contribution in [2.75, 3.05) is 5.32 Å². The minimum atomic E-state index is -0.126. The molecule has 0 aliphatic heterocycles. The smallest absolute Gasteiger partial charge is 0.145 e. The third-order valence-electron chi connectivity index (χ3n) is 3.27. The van der Waals surface area contributed by atoms with E-state index in [1.165, 1.54) is 0 Å². The van der Waals surface area contributed by atoms with Crippen molar-refractivity contribution in [3.05, 3.63) is 35.9 Å². The lowest BCUT2D eigenvalue weighted by molar-refractivity contribution is 0.302. The van der Waals surface area contributed by atoms with Gasteiger partial charge in [-0.15, -0.1) is 0 Å². The molecule has 0 spiro atoms. The van der Waals surface area contributed by atoms with Gasteiger partial charge in [-0.2, -0.15) is 5.26 Å². The van der Waals surface area contributed by atoms with Crippen LogP contribution in [0.15, 0.2) is 30.3 Å². The zero-order valence-corrected chi connectivity index (χ0v) is 13.5. The molecule has 3 heteroatoms. The lowest BCUT2D eigenvalue weighted by atomic mass is 9.82. The summed E-state index contributed by atoms with van der Waals surface area (Å²) in [6, 6.07) is 12.0. The second-order valence-corrected chi connectivity index (χ2v) is 7.44. The largest absolute Gasteiger partial charge is 0.364 e. The highest BCUT2D eigenvalue weighted by molar-refractivity contribution is 5.82. The molecule has 0 saturated heterocycles. The van der Waals surface area contributed by atoms with Crippen LogP contribution in [0.4, 0.5) is 5.82 Å². The molecule has 2 rings (SSSR count). The standard InChI is InChI=1S/C18H23N3/c1-17(2,3)12-18(4,5)21-16-14(11-19)10-13-8-6-7-9-15(13)20-16/h6-10H,12H2,1-5H3,(H,20,21). The summed E-state index contributed by atoms with van der Waals surface area (Å²) in [6.07, 6.45) is 0.985. The molecule has 0 amide bonds. The van der Waals surface area contributed by atoms with Gasteiger partial charge in [-0.25, -0.2) is 4.98 Å². The van der Waals surface area contributed by atoms with Crippen molar-refractivity contribution in [2.24, 2.45) is 5.41 Å². The summed E-state index contributed by atoms with van der Waals surface area (Å²) in [5.74, 6) is 0.672. The van der Waals surface area contributed by atoms with E-state index in [4.69, 9.17) is 0 Å². The molecular weight excluding hydrogens is 258 g/mol. The van der Waals surface area contributed by atoms with Crippen molar-refractivity contribution in [3.8, 4) is 6.07 Å². The summed E-state index contributed by atoms with van der Waals surface area (Å²) >= 11 is 0. The molecule has 0 atom stereocenters. The molecule has 110 valence electrons. The van der Waals surface area contributed by atoms with E-state index >= 15 is 0 Å². The molecule has 1 heterocycles. The number of aromatic nitrogens is 1. The van der Waals surface area contributed by atoms with Crippen LogP contribution in [0.2, 0.25) is 0 Å². The summed E-state index contributed by atoms with van der Waals surface area (Å²) in [6.45, 7) is 11.0. The molecule has 1 aromatic carbocycles. The van der Waals surface area contributed by atoms with Gasteiger partial charge in [0.25, 0.3) is 0 Å². The molecule has 0 bridgehead atoms. The number of hydrogen-bond acceptors (Lipinski definition) is 3. The second-order valence-electron chi connectivity index (χ2n) is 7.44. The van der Waals surface area contributed by atoms with Gasteiger partial charge < -0.3 is 5.32 Å². The third kappa shape index (κ3) is 3.95. The van der Waals surface area contributed by atoms with Crippen LogP contribution in [-0.4, -0.2) is 10.5 Å². The summed E-state index contributed by atoms with van der Waals surface area (Å²) in [5.41, 5.74) is 1.58. The van der Waals surface area contributed by atoms with E-state index < -0.39 is 0 Å². The van der Waals surface area contributed by atoms with Crippen molar-refractivity contribution in [3.63, 3.8) is 0 Å². The Morgan fingerprint density at radius 3 is 2.43 bits per heavy atom. The predicted octanol–water partition coefficient (Wildman–Crippen LogP) is 4.73. The van der Waals surface area contributed by atoms with Crippen LogP contribution in [0.25, 0.3) is 10.9 Å². The number of anilines is 1. The van der Waals surface area contributed by atoms with E-state index in [0.717, 1.165) is 17.3 Å². The minimum absolute atomic E-state index is 0.126. The molecule has 0 unspecified atom stereocenters. The Morgan fingerprint density at radius 1 is 1.14 bits per heavy atom. The number of fused-ring (bicyclic) bond motifs is 1. The Balaban J connectivity index is 2.39. The van der Waals surface area contributed by atoms with Gasteiger partial charge in [0.2, 0.25) is 0 Å². The summed E-state index contributed by atoms with van der Waals surface area (Å²) in [7, 11) is 0. The monoisotopic (exact) mass is 281 g/mol. The second kappa shape index (κ2) is 5.37. The molecular formula is C18H23N3. The molecule has 1 aromatic heterocycles. The van der Waals surface area contributed by atoms with Crippen LogP contribution in [0.3, 0.4) is 0 Å². The maximum Gasteiger partial charge on any atom is 0.145 e. The molecule has 0 fully saturated rings. The highest BCUT2D eigenvalue weighted by Crippen LogP contribution is 2.30. The Labute approximate surface area is 127 Å². The fourth-order valence-corrected chi connectivity index (χ4v) is 2.99. The first kappa shape index (κ1) is 15.3. The van der Waals surface area contributed by atoms with Crippen molar-refractivity contribution in [1.82, 2.24) is 4.98 Å². The van der Waals surface area contributed by atoms with Gasteiger partial charge in [0.15, 0.2) is 0 Å². The van der Waals surface area contributed by atoms with Crippen molar-refractivity contribution in [2.45, 2.75) is 46.6 Å². The van der Waals surface area contributed by atoms with Gasteiger partial charge in [0.05, 0.1) is 11.1 Å². The summed E-state index contributed by atoms with van der Waals surface area (Å²) in [5, 5.41) is 13.8. The van der Waals surface area contributed by atoms with Crippen LogP contribution >= 0.6 is 0 Å². The summed E-state index contributed by atoms with van der Waals surface area (Å²) in [4.78, 5) is 4.63. The number of nitrogens with one attached hydrogen (secondary N) is 1. The van der Waals surface area contributed by atoms with Gasteiger partial charge >= 0.3 is 0 Å². The van der Waals surface area contributed by atoms with E-state index in [-0.39, 0.29) is 11.0 Å². The van der Waals surface area contributed by atoms with Crippen LogP contribution < -0.4 is 5.32 Å². The molecule has 0 aliphatic rings. The topological polar surface area (TPSA) is 48.7 Å². The fraction of sp³-hybridized carbons (Fsp3) is 0.444. The summed E-state index contributed by atoms with van der Waals surface area (Å²) < 4.78 is 0. The third-order valence-corrected chi connectivity index (χ3v) is 3.27. The number of pyridine rings is 1. The SMILES string of the molecule is CC(C)(C)CC(C)(C)Nc1nc2ccccc2cc1C#N. The van der Waals surface area contributed by atoms with E-state index in [1.807, 2.05) is 30.3 Å². The molecule has 3 nitrogen and oxygen atoms in total. The lowest BCUT2D eigenvalue weighted by Crippen LogP contribution is -2.36. The molecule has 1 N–H and O–H groups in total. The molecule has 0 aliphatic carbocycles. The highest BCUT2D eigenvalue weighted by atomic mass is 15.0. The molecule has 2 aromatic rings. The van der Waals surface area contributed by atoms with Crippen LogP contribution in [0.1, 0.15) is 46.6 Å².